The fourth-order valence-corrected chi connectivity index (χ4v) is 3.69. The molecule has 0 bridgehead atoms. The van der Waals surface area contributed by atoms with E-state index in [2.05, 4.69) is 50.2 Å². The lowest BCUT2D eigenvalue weighted by Gasteiger charge is -2.44. The molecule has 2 aromatic rings. The Morgan fingerprint density at radius 1 is 0.857 bits per heavy atom. The lowest BCUT2D eigenvalue weighted by Crippen LogP contribution is -2.40. The SMILES string of the molecule is CC1(C)c2ccccc2C(O)(CCCN)c2ccccc21. The van der Waals surface area contributed by atoms with Gasteiger partial charge in [-0.1, -0.05) is 62.4 Å². The molecule has 0 aliphatic heterocycles. The lowest BCUT2D eigenvalue weighted by atomic mass is 9.62. The molecule has 2 aromatic carbocycles. The summed E-state index contributed by atoms with van der Waals surface area (Å²) in [5, 5.41) is 11.5. The molecule has 0 atom stereocenters. The van der Waals surface area contributed by atoms with Crippen molar-refractivity contribution in [3.63, 3.8) is 0 Å². The molecule has 1 aliphatic carbocycles. The molecule has 2 nitrogen and oxygen atoms in total. The normalized spacial score (nSPS) is 17.9. The number of aliphatic hydroxyl groups is 1. The van der Waals surface area contributed by atoms with Gasteiger partial charge in [0.1, 0.15) is 5.60 Å². The third-order valence-corrected chi connectivity index (χ3v) is 4.83. The van der Waals surface area contributed by atoms with Gasteiger partial charge in [-0.05, 0) is 41.6 Å². The minimum absolute atomic E-state index is 0.0951. The quantitative estimate of drug-likeness (QED) is 0.906. The largest absolute Gasteiger partial charge is 0.380 e. The molecular formula is C19H23NO. The van der Waals surface area contributed by atoms with Gasteiger partial charge in [-0.2, -0.15) is 0 Å². The second-order valence-electron chi connectivity index (χ2n) is 6.47. The van der Waals surface area contributed by atoms with Gasteiger partial charge in [-0.25, -0.2) is 0 Å². The van der Waals surface area contributed by atoms with Crippen molar-refractivity contribution in [1.29, 1.82) is 0 Å². The van der Waals surface area contributed by atoms with Crippen LogP contribution in [0.25, 0.3) is 0 Å². The van der Waals surface area contributed by atoms with E-state index in [0.717, 1.165) is 17.5 Å². The molecule has 21 heavy (non-hydrogen) atoms. The van der Waals surface area contributed by atoms with Gasteiger partial charge in [-0.3, -0.25) is 0 Å². The number of hydrogen-bond donors (Lipinski definition) is 2. The molecule has 0 saturated carbocycles. The Labute approximate surface area is 126 Å². The topological polar surface area (TPSA) is 46.2 Å². The van der Waals surface area contributed by atoms with Gasteiger partial charge in [0.15, 0.2) is 0 Å². The van der Waals surface area contributed by atoms with Crippen molar-refractivity contribution >= 4 is 0 Å². The highest BCUT2D eigenvalue weighted by Gasteiger charge is 2.44. The first-order chi connectivity index (χ1) is 10.0. The first kappa shape index (κ1) is 14.3. The number of hydrogen-bond acceptors (Lipinski definition) is 2. The van der Waals surface area contributed by atoms with E-state index in [-0.39, 0.29) is 5.41 Å². The van der Waals surface area contributed by atoms with Crippen molar-refractivity contribution < 1.29 is 5.11 Å². The number of rotatable bonds is 3. The van der Waals surface area contributed by atoms with Crippen LogP contribution >= 0.6 is 0 Å². The Balaban J connectivity index is 2.28. The molecule has 0 heterocycles. The third kappa shape index (κ3) is 2.02. The first-order valence-electron chi connectivity index (χ1n) is 7.64. The molecular weight excluding hydrogens is 258 g/mol. The second-order valence-corrected chi connectivity index (χ2v) is 6.47. The number of nitrogens with two attached hydrogens (primary N) is 1. The van der Waals surface area contributed by atoms with E-state index < -0.39 is 5.60 Å². The first-order valence-corrected chi connectivity index (χ1v) is 7.64. The summed E-state index contributed by atoms with van der Waals surface area (Å²) in [6.07, 6.45) is 1.47. The van der Waals surface area contributed by atoms with E-state index >= 15 is 0 Å². The smallest absolute Gasteiger partial charge is 0.115 e. The molecule has 0 amide bonds. The predicted molar refractivity (Wildman–Crippen MR) is 86.3 cm³/mol. The van der Waals surface area contributed by atoms with E-state index in [4.69, 9.17) is 5.73 Å². The molecule has 0 radical (unpaired) electrons. The van der Waals surface area contributed by atoms with Crippen molar-refractivity contribution in [2.75, 3.05) is 6.54 Å². The van der Waals surface area contributed by atoms with Crippen molar-refractivity contribution in [1.82, 2.24) is 0 Å². The van der Waals surface area contributed by atoms with Crippen LogP contribution in [0.2, 0.25) is 0 Å². The van der Waals surface area contributed by atoms with Gasteiger partial charge in [0, 0.05) is 5.41 Å². The van der Waals surface area contributed by atoms with Crippen LogP contribution in [0.3, 0.4) is 0 Å². The fraction of sp³-hybridized carbons (Fsp3) is 0.368. The van der Waals surface area contributed by atoms with Crippen LogP contribution in [0, 0.1) is 0 Å². The molecule has 0 spiro atoms. The molecule has 110 valence electrons. The number of benzene rings is 2. The Hall–Kier alpha value is -1.64. The van der Waals surface area contributed by atoms with Gasteiger partial charge in [0.25, 0.3) is 0 Å². The zero-order chi connectivity index (χ0) is 15.1. The van der Waals surface area contributed by atoms with Gasteiger partial charge in [0.05, 0.1) is 0 Å². The maximum Gasteiger partial charge on any atom is 0.115 e. The van der Waals surface area contributed by atoms with Gasteiger partial charge in [0.2, 0.25) is 0 Å². The predicted octanol–water partition coefficient (Wildman–Crippen LogP) is 3.30. The minimum atomic E-state index is -0.928. The maximum atomic E-state index is 11.5. The molecule has 3 N–H and O–H groups in total. The van der Waals surface area contributed by atoms with Crippen molar-refractivity contribution in [3.8, 4) is 0 Å². The Bertz CT molecular complexity index is 611. The molecule has 1 aliphatic rings. The zero-order valence-electron chi connectivity index (χ0n) is 12.8. The van der Waals surface area contributed by atoms with Crippen LogP contribution in [0.15, 0.2) is 48.5 Å². The van der Waals surface area contributed by atoms with E-state index in [0.29, 0.717) is 13.0 Å². The zero-order valence-corrected chi connectivity index (χ0v) is 12.8. The molecule has 0 aromatic heterocycles. The minimum Gasteiger partial charge on any atom is -0.380 e. The molecule has 0 saturated heterocycles. The summed E-state index contributed by atoms with van der Waals surface area (Å²) >= 11 is 0. The fourth-order valence-electron chi connectivity index (χ4n) is 3.69. The highest BCUT2D eigenvalue weighted by atomic mass is 16.3. The third-order valence-electron chi connectivity index (χ3n) is 4.83. The highest BCUT2D eigenvalue weighted by Crippen LogP contribution is 2.50. The summed E-state index contributed by atoms with van der Waals surface area (Å²) in [6.45, 7) is 5.05. The summed E-state index contributed by atoms with van der Waals surface area (Å²) in [5.41, 5.74) is 9.15. The molecule has 0 unspecified atom stereocenters. The van der Waals surface area contributed by atoms with Crippen molar-refractivity contribution in [2.24, 2.45) is 5.73 Å². The van der Waals surface area contributed by atoms with Crippen LogP contribution in [-0.2, 0) is 11.0 Å². The Morgan fingerprint density at radius 3 is 1.71 bits per heavy atom. The van der Waals surface area contributed by atoms with Crippen molar-refractivity contribution in [2.45, 2.75) is 37.7 Å². The summed E-state index contributed by atoms with van der Waals surface area (Å²) < 4.78 is 0. The van der Waals surface area contributed by atoms with Gasteiger partial charge < -0.3 is 10.8 Å². The summed E-state index contributed by atoms with van der Waals surface area (Å²) in [6, 6.07) is 16.5. The Morgan fingerprint density at radius 2 is 1.29 bits per heavy atom. The summed E-state index contributed by atoms with van der Waals surface area (Å²) in [5.74, 6) is 0. The lowest BCUT2D eigenvalue weighted by molar-refractivity contribution is 0.0620. The van der Waals surface area contributed by atoms with Gasteiger partial charge in [-0.15, -0.1) is 0 Å². The maximum absolute atomic E-state index is 11.5. The van der Waals surface area contributed by atoms with Crippen LogP contribution in [0.5, 0.6) is 0 Å². The van der Waals surface area contributed by atoms with Crippen LogP contribution < -0.4 is 5.73 Å². The molecule has 2 heteroatoms. The molecule has 0 fully saturated rings. The summed E-state index contributed by atoms with van der Waals surface area (Å²) in [4.78, 5) is 0. The second kappa shape index (κ2) is 4.97. The van der Waals surface area contributed by atoms with E-state index in [1.165, 1.54) is 11.1 Å². The summed E-state index contributed by atoms with van der Waals surface area (Å²) in [7, 11) is 0. The van der Waals surface area contributed by atoms with E-state index in [1.807, 2.05) is 12.1 Å². The van der Waals surface area contributed by atoms with E-state index in [1.54, 1.807) is 0 Å². The Kier molecular flexibility index (Phi) is 3.39. The highest BCUT2D eigenvalue weighted by molar-refractivity contribution is 5.57. The van der Waals surface area contributed by atoms with Crippen LogP contribution in [0.4, 0.5) is 0 Å². The monoisotopic (exact) mass is 281 g/mol. The van der Waals surface area contributed by atoms with Crippen LogP contribution in [0.1, 0.15) is 48.9 Å². The average Bonchev–Trinajstić information content (AvgIpc) is 2.52. The number of fused-ring (bicyclic) bond motifs is 2. The van der Waals surface area contributed by atoms with Crippen LogP contribution in [-0.4, -0.2) is 11.7 Å². The van der Waals surface area contributed by atoms with Gasteiger partial charge >= 0.3 is 0 Å². The molecule has 3 rings (SSSR count). The average molecular weight is 281 g/mol. The van der Waals surface area contributed by atoms with Crippen molar-refractivity contribution in [3.05, 3.63) is 70.8 Å². The standard InChI is InChI=1S/C19H23NO/c1-18(2)14-8-3-5-10-16(14)19(21,12-7-13-20)17-11-6-4-9-15(17)18/h3-6,8-11,21H,7,12-13,20H2,1-2H3. The van der Waals surface area contributed by atoms with E-state index in [9.17, 15) is 5.11 Å².